The van der Waals surface area contributed by atoms with Gasteiger partial charge in [0.05, 0.1) is 12.6 Å². The molecule has 0 saturated carbocycles. The Hall–Kier alpha value is -1.88. The van der Waals surface area contributed by atoms with E-state index in [9.17, 15) is 9.59 Å². The van der Waals surface area contributed by atoms with Crippen LogP contribution in [-0.2, 0) is 9.59 Å². The summed E-state index contributed by atoms with van der Waals surface area (Å²) in [5, 5.41) is 14.1. The second-order valence-electron chi connectivity index (χ2n) is 4.78. The molecule has 0 fully saturated rings. The summed E-state index contributed by atoms with van der Waals surface area (Å²) in [4.78, 5) is 23.2. The second kappa shape index (κ2) is 8.32. The maximum atomic E-state index is 11.6. The lowest BCUT2D eigenvalue weighted by atomic mass is 10.0. The van der Waals surface area contributed by atoms with Crippen LogP contribution in [0.25, 0.3) is 0 Å². The van der Waals surface area contributed by atoms with Crippen LogP contribution in [0.5, 0.6) is 0 Å². The average Bonchev–Trinajstić information content (AvgIpc) is 2.50. The molecular formula is C15H22N2O3. The smallest absolute Gasteiger partial charge is 0.309 e. The van der Waals surface area contributed by atoms with E-state index < -0.39 is 11.8 Å². The van der Waals surface area contributed by atoms with Gasteiger partial charge in [0.25, 0.3) is 0 Å². The molecule has 0 radical (unpaired) electrons. The number of nitrogens with one attached hydrogen (secondary N) is 2. The largest absolute Gasteiger partial charge is 0.394 e. The van der Waals surface area contributed by atoms with Crippen molar-refractivity contribution in [3.8, 4) is 0 Å². The number of hydrogen-bond donors (Lipinski definition) is 3. The van der Waals surface area contributed by atoms with Gasteiger partial charge in [-0.2, -0.15) is 0 Å². The van der Waals surface area contributed by atoms with Gasteiger partial charge in [-0.25, -0.2) is 0 Å². The predicted octanol–water partition coefficient (Wildman–Crippen LogP) is 0.793. The molecule has 20 heavy (non-hydrogen) atoms. The maximum Gasteiger partial charge on any atom is 0.309 e. The number of carbonyl (C=O) groups excluding carboxylic acids is 2. The first-order valence-electron chi connectivity index (χ1n) is 6.83. The highest BCUT2D eigenvalue weighted by Crippen LogP contribution is 2.12. The van der Waals surface area contributed by atoms with E-state index >= 15 is 0 Å². The summed E-state index contributed by atoms with van der Waals surface area (Å²) in [6.07, 6.45) is 0.579. The van der Waals surface area contributed by atoms with Crippen molar-refractivity contribution in [1.29, 1.82) is 0 Å². The van der Waals surface area contributed by atoms with Crippen LogP contribution in [-0.4, -0.2) is 36.1 Å². The molecule has 0 saturated heterocycles. The first-order valence-corrected chi connectivity index (χ1v) is 6.83. The topological polar surface area (TPSA) is 78.4 Å². The number of benzene rings is 1. The van der Waals surface area contributed by atoms with Gasteiger partial charge in [0, 0.05) is 6.54 Å². The van der Waals surface area contributed by atoms with Gasteiger partial charge < -0.3 is 15.7 Å². The summed E-state index contributed by atoms with van der Waals surface area (Å²) in [6, 6.07) is 9.40. The minimum atomic E-state index is -0.703. The summed E-state index contributed by atoms with van der Waals surface area (Å²) in [5.74, 6) is -1.24. The molecule has 5 heteroatoms. The maximum absolute atomic E-state index is 11.6. The molecule has 0 aliphatic carbocycles. The highest BCUT2D eigenvalue weighted by atomic mass is 16.3. The molecule has 110 valence electrons. The highest BCUT2D eigenvalue weighted by Gasteiger charge is 2.17. The Kier molecular flexibility index (Phi) is 6.73. The van der Waals surface area contributed by atoms with Crippen molar-refractivity contribution in [2.45, 2.75) is 32.2 Å². The quantitative estimate of drug-likeness (QED) is 0.673. The Morgan fingerprint density at radius 1 is 1.20 bits per heavy atom. The Morgan fingerprint density at radius 3 is 2.40 bits per heavy atom. The SMILES string of the molecule is CC[C@H](CO)NC(=O)C(=O)NC[C@H](C)c1ccccc1. The third kappa shape index (κ3) is 5.01. The lowest BCUT2D eigenvalue weighted by molar-refractivity contribution is -0.139. The van der Waals surface area contributed by atoms with Gasteiger partial charge in [0.15, 0.2) is 0 Å². The molecule has 0 heterocycles. The van der Waals surface area contributed by atoms with E-state index in [4.69, 9.17) is 5.11 Å². The Balaban J connectivity index is 2.41. The van der Waals surface area contributed by atoms with Gasteiger partial charge in [0.1, 0.15) is 0 Å². The van der Waals surface area contributed by atoms with Crippen LogP contribution in [0.1, 0.15) is 31.7 Å². The molecule has 2 atom stereocenters. The predicted molar refractivity (Wildman–Crippen MR) is 77.2 cm³/mol. The number of rotatable bonds is 6. The number of aliphatic hydroxyl groups is 1. The first kappa shape index (κ1) is 16.2. The molecule has 0 spiro atoms. The molecule has 0 aliphatic heterocycles. The number of amides is 2. The molecule has 0 aromatic heterocycles. The van der Waals surface area contributed by atoms with Gasteiger partial charge in [-0.1, -0.05) is 44.2 Å². The van der Waals surface area contributed by atoms with Crippen molar-refractivity contribution in [2.75, 3.05) is 13.2 Å². The van der Waals surface area contributed by atoms with Gasteiger partial charge in [-0.15, -0.1) is 0 Å². The molecule has 0 bridgehead atoms. The van der Waals surface area contributed by atoms with Crippen LogP contribution >= 0.6 is 0 Å². The van der Waals surface area contributed by atoms with Crippen molar-refractivity contribution in [2.24, 2.45) is 0 Å². The van der Waals surface area contributed by atoms with E-state index in [0.29, 0.717) is 13.0 Å². The highest BCUT2D eigenvalue weighted by molar-refractivity contribution is 6.35. The minimum Gasteiger partial charge on any atom is -0.394 e. The molecule has 5 nitrogen and oxygen atoms in total. The Morgan fingerprint density at radius 2 is 1.85 bits per heavy atom. The fraction of sp³-hybridized carbons (Fsp3) is 0.467. The Bertz CT molecular complexity index is 430. The number of aliphatic hydroxyl groups excluding tert-OH is 1. The van der Waals surface area contributed by atoms with Gasteiger partial charge in [0.2, 0.25) is 0 Å². The van der Waals surface area contributed by atoms with Gasteiger partial charge >= 0.3 is 11.8 Å². The molecule has 1 rings (SSSR count). The minimum absolute atomic E-state index is 0.132. The zero-order valence-electron chi connectivity index (χ0n) is 11.9. The number of carbonyl (C=O) groups is 2. The van der Waals surface area contributed by atoms with Crippen molar-refractivity contribution < 1.29 is 14.7 Å². The monoisotopic (exact) mass is 278 g/mol. The van der Waals surface area contributed by atoms with E-state index in [0.717, 1.165) is 5.56 Å². The molecule has 0 aliphatic rings. The molecule has 3 N–H and O–H groups in total. The standard InChI is InChI=1S/C15H22N2O3/c1-3-13(10-18)17-15(20)14(19)16-9-11(2)12-7-5-4-6-8-12/h4-8,11,13,18H,3,9-10H2,1-2H3,(H,16,19)(H,17,20)/t11-,13+/m0/s1. The zero-order valence-corrected chi connectivity index (χ0v) is 11.9. The van der Waals surface area contributed by atoms with Crippen molar-refractivity contribution in [1.82, 2.24) is 10.6 Å². The zero-order chi connectivity index (χ0) is 15.0. The summed E-state index contributed by atoms with van der Waals surface area (Å²) < 4.78 is 0. The third-order valence-electron chi connectivity index (χ3n) is 3.19. The fourth-order valence-corrected chi connectivity index (χ4v) is 1.75. The van der Waals surface area contributed by atoms with Crippen LogP contribution in [0, 0.1) is 0 Å². The molecule has 1 aromatic rings. The van der Waals surface area contributed by atoms with E-state index in [-0.39, 0.29) is 18.6 Å². The van der Waals surface area contributed by atoms with Gasteiger partial charge in [-0.3, -0.25) is 9.59 Å². The van der Waals surface area contributed by atoms with Crippen molar-refractivity contribution in [3.63, 3.8) is 0 Å². The van der Waals surface area contributed by atoms with Crippen molar-refractivity contribution >= 4 is 11.8 Å². The molecule has 0 unspecified atom stereocenters. The number of hydrogen-bond acceptors (Lipinski definition) is 3. The molecular weight excluding hydrogens is 256 g/mol. The van der Waals surface area contributed by atoms with Gasteiger partial charge in [-0.05, 0) is 17.9 Å². The Labute approximate surface area is 119 Å². The average molecular weight is 278 g/mol. The van der Waals surface area contributed by atoms with Crippen LogP contribution in [0.15, 0.2) is 30.3 Å². The molecule has 1 aromatic carbocycles. The van der Waals surface area contributed by atoms with E-state index in [1.54, 1.807) is 0 Å². The van der Waals surface area contributed by atoms with Crippen LogP contribution in [0.4, 0.5) is 0 Å². The van der Waals surface area contributed by atoms with E-state index in [2.05, 4.69) is 10.6 Å². The summed E-state index contributed by atoms with van der Waals surface area (Å²) in [7, 11) is 0. The summed E-state index contributed by atoms with van der Waals surface area (Å²) >= 11 is 0. The van der Waals surface area contributed by atoms with Crippen molar-refractivity contribution in [3.05, 3.63) is 35.9 Å². The van der Waals surface area contributed by atoms with Crippen LogP contribution < -0.4 is 10.6 Å². The lowest BCUT2D eigenvalue weighted by Crippen LogP contribution is -2.46. The second-order valence-corrected chi connectivity index (χ2v) is 4.78. The first-order chi connectivity index (χ1) is 9.58. The summed E-state index contributed by atoms with van der Waals surface area (Å²) in [6.45, 7) is 4.04. The fourth-order valence-electron chi connectivity index (χ4n) is 1.75. The van der Waals surface area contributed by atoms with Crippen LogP contribution in [0.2, 0.25) is 0 Å². The summed E-state index contributed by atoms with van der Waals surface area (Å²) in [5.41, 5.74) is 1.11. The lowest BCUT2D eigenvalue weighted by Gasteiger charge is -2.15. The molecule has 2 amide bonds. The van der Waals surface area contributed by atoms with E-state index in [1.807, 2.05) is 44.2 Å². The normalized spacial score (nSPS) is 13.3. The van der Waals surface area contributed by atoms with E-state index in [1.165, 1.54) is 0 Å². The van der Waals surface area contributed by atoms with Crippen LogP contribution in [0.3, 0.4) is 0 Å². The third-order valence-corrected chi connectivity index (χ3v) is 3.19.